The van der Waals surface area contributed by atoms with Crippen molar-refractivity contribution in [2.45, 2.75) is 45.8 Å². The number of carbonyl (C=O) groups is 1. The third-order valence-corrected chi connectivity index (χ3v) is 5.60. The Labute approximate surface area is 188 Å². The van der Waals surface area contributed by atoms with Crippen LogP contribution < -0.4 is 5.32 Å². The maximum Gasteiger partial charge on any atom is 0.410 e. The molecule has 0 radical (unpaired) electrons. The number of halogens is 1. The Balaban J connectivity index is 1.47. The smallest absolute Gasteiger partial charge is 0.410 e. The van der Waals surface area contributed by atoms with E-state index in [1.54, 1.807) is 17.0 Å². The number of hydrogen-bond acceptors (Lipinski definition) is 4. The maximum atomic E-state index is 13.7. The van der Waals surface area contributed by atoms with Crippen LogP contribution in [0, 0.1) is 11.7 Å². The van der Waals surface area contributed by atoms with Gasteiger partial charge in [-0.05, 0) is 69.4 Å². The Morgan fingerprint density at radius 2 is 2.03 bits per heavy atom. The van der Waals surface area contributed by atoms with Gasteiger partial charge in [0, 0.05) is 19.6 Å². The van der Waals surface area contributed by atoms with Crippen molar-refractivity contribution in [2.75, 3.05) is 25.0 Å². The van der Waals surface area contributed by atoms with Crippen molar-refractivity contribution in [3.63, 3.8) is 0 Å². The quantitative estimate of drug-likeness (QED) is 0.589. The normalized spacial score (nSPS) is 16.9. The second kappa shape index (κ2) is 9.18. The summed E-state index contributed by atoms with van der Waals surface area (Å²) in [6, 6.07) is 14.6. The molecule has 1 saturated heterocycles. The minimum absolute atomic E-state index is 0.245. The fourth-order valence-electron chi connectivity index (χ4n) is 4.15. The number of likely N-dealkylation sites (tertiary alicyclic amines) is 1. The van der Waals surface area contributed by atoms with E-state index < -0.39 is 5.60 Å². The van der Waals surface area contributed by atoms with Crippen LogP contribution in [0.25, 0.3) is 11.0 Å². The van der Waals surface area contributed by atoms with Crippen LogP contribution >= 0.6 is 0 Å². The standard InChI is InChI=1S/C25H31FN4O2/c1-25(2,3)32-24(31)29-13-7-9-19(16-29)15-27-23-28-21-11-4-5-12-22(21)30(23)17-18-8-6-10-20(26)14-18/h4-6,8,10-12,14,19H,7,9,13,15-17H2,1-3H3,(H,27,28)/t19-/m1/s1. The first kappa shape index (κ1) is 22.1. The Bertz CT molecular complexity index is 1090. The van der Waals surface area contributed by atoms with Crippen molar-refractivity contribution in [1.82, 2.24) is 14.5 Å². The lowest BCUT2D eigenvalue weighted by molar-refractivity contribution is 0.0172. The molecule has 3 aromatic rings. The molecule has 1 atom stereocenters. The molecule has 32 heavy (non-hydrogen) atoms. The van der Waals surface area contributed by atoms with Crippen LogP contribution in [0.15, 0.2) is 48.5 Å². The lowest BCUT2D eigenvalue weighted by Gasteiger charge is -2.34. The number of para-hydroxylation sites is 2. The van der Waals surface area contributed by atoms with Gasteiger partial charge in [0.05, 0.1) is 17.6 Å². The number of rotatable bonds is 5. The Morgan fingerprint density at radius 3 is 2.81 bits per heavy atom. The third-order valence-electron chi connectivity index (χ3n) is 5.60. The zero-order valence-corrected chi connectivity index (χ0v) is 19.0. The van der Waals surface area contributed by atoms with Crippen LogP contribution in [-0.2, 0) is 11.3 Å². The zero-order chi connectivity index (χ0) is 22.7. The van der Waals surface area contributed by atoms with Gasteiger partial charge in [-0.15, -0.1) is 0 Å². The zero-order valence-electron chi connectivity index (χ0n) is 19.0. The summed E-state index contributed by atoms with van der Waals surface area (Å²) in [5.41, 5.74) is 2.28. The third kappa shape index (κ3) is 5.39. The number of piperidine rings is 1. The molecule has 1 aliphatic rings. The average Bonchev–Trinajstić information content (AvgIpc) is 3.09. The molecule has 0 bridgehead atoms. The molecule has 4 rings (SSSR count). The lowest BCUT2D eigenvalue weighted by atomic mass is 9.98. The highest BCUT2D eigenvalue weighted by Crippen LogP contribution is 2.24. The molecule has 0 spiro atoms. The van der Waals surface area contributed by atoms with Crippen molar-refractivity contribution in [3.8, 4) is 0 Å². The minimum atomic E-state index is -0.496. The van der Waals surface area contributed by atoms with E-state index in [4.69, 9.17) is 9.72 Å². The maximum absolute atomic E-state index is 13.7. The van der Waals surface area contributed by atoms with Gasteiger partial charge in [0.15, 0.2) is 0 Å². The van der Waals surface area contributed by atoms with Gasteiger partial charge < -0.3 is 19.5 Å². The molecular formula is C25H31FN4O2. The van der Waals surface area contributed by atoms with E-state index in [-0.39, 0.29) is 11.9 Å². The first-order chi connectivity index (χ1) is 15.3. The SMILES string of the molecule is CC(C)(C)OC(=O)N1CCC[C@H](CNc2nc3ccccc3n2Cc2cccc(F)c2)C1. The van der Waals surface area contributed by atoms with E-state index in [1.165, 1.54) is 6.07 Å². The summed E-state index contributed by atoms with van der Waals surface area (Å²) in [5.74, 6) is 0.814. The van der Waals surface area contributed by atoms with E-state index in [1.807, 2.05) is 51.1 Å². The van der Waals surface area contributed by atoms with Gasteiger partial charge >= 0.3 is 6.09 Å². The first-order valence-electron chi connectivity index (χ1n) is 11.2. The number of imidazole rings is 1. The Kier molecular flexibility index (Phi) is 6.35. The summed E-state index contributed by atoms with van der Waals surface area (Å²) in [6.45, 7) is 8.27. The van der Waals surface area contributed by atoms with Crippen LogP contribution in [0.1, 0.15) is 39.2 Å². The first-order valence-corrected chi connectivity index (χ1v) is 11.2. The van der Waals surface area contributed by atoms with Gasteiger partial charge in [0.1, 0.15) is 11.4 Å². The number of benzene rings is 2. The van der Waals surface area contributed by atoms with E-state index in [0.717, 1.165) is 41.9 Å². The highest BCUT2D eigenvalue weighted by molar-refractivity contribution is 5.78. The Morgan fingerprint density at radius 1 is 1.22 bits per heavy atom. The number of amides is 1. The Hall–Kier alpha value is -3.09. The minimum Gasteiger partial charge on any atom is -0.444 e. The second-order valence-electron chi connectivity index (χ2n) is 9.46. The van der Waals surface area contributed by atoms with Crippen molar-refractivity contribution in [2.24, 2.45) is 5.92 Å². The van der Waals surface area contributed by atoms with E-state index in [2.05, 4.69) is 9.88 Å². The molecule has 6 nitrogen and oxygen atoms in total. The number of ether oxygens (including phenoxy) is 1. The highest BCUT2D eigenvalue weighted by atomic mass is 19.1. The summed E-state index contributed by atoms with van der Waals surface area (Å²) < 4.78 is 21.3. The number of fused-ring (bicyclic) bond motifs is 1. The predicted molar refractivity (Wildman–Crippen MR) is 124 cm³/mol. The number of nitrogens with one attached hydrogen (secondary N) is 1. The lowest BCUT2D eigenvalue weighted by Crippen LogP contribution is -2.44. The van der Waals surface area contributed by atoms with Crippen LogP contribution in [0.2, 0.25) is 0 Å². The summed E-state index contributed by atoms with van der Waals surface area (Å²) >= 11 is 0. The number of aromatic nitrogens is 2. The molecule has 0 unspecified atom stereocenters. The van der Waals surface area contributed by atoms with Crippen molar-refractivity contribution in [1.29, 1.82) is 0 Å². The van der Waals surface area contributed by atoms with Gasteiger partial charge in [-0.2, -0.15) is 0 Å². The topological polar surface area (TPSA) is 59.4 Å². The van der Waals surface area contributed by atoms with Crippen molar-refractivity contribution >= 4 is 23.1 Å². The number of hydrogen-bond donors (Lipinski definition) is 1. The molecule has 1 fully saturated rings. The monoisotopic (exact) mass is 438 g/mol. The molecule has 1 amide bonds. The fourth-order valence-corrected chi connectivity index (χ4v) is 4.15. The van der Waals surface area contributed by atoms with E-state index in [0.29, 0.717) is 25.6 Å². The molecule has 7 heteroatoms. The van der Waals surface area contributed by atoms with Gasteiger partial charge in [0.25, 0.3) is 0 Å². The van der Waals surface area contributed by atoms with Crippen LogP contribution in [0.3, 0.4) is 0 Å². The molecular weight excluding hydrogens is 407 g/mol. The molecule has 2 aromatic carbocycles. The molecule has 0 aliphatic carbocycles. The summed E-state index contributed by atoms with van der Waals surface area (Å²) in [4.78, 5) is 19.0. The summed E-state index contributed by atoms with van der Waals surface area (Å²) in [5, 5.41) is 3.49. The molecule has 1 aliphatic heterocycles. The molecule has 2 heterocycles. The fraction of sp³-hybridized carbons (Fsp3) is 0.440. The van der Waals surface area contributed by atoms with Gasteiger partial charge in [-0.25, -0.2) is 14.2 Å². The number of nitrogens with zero attached hydrogens (tertiary/aromatic N) is 3. The molecule has 1 N–H and O–H groups in total. The van der Waals surface area contributed by atoms with Crippen molar-refractivity contribution in [3.05, 3.63) is 59.9 Å². The summed E-state index contributed by atoms with van der Waals surface area (Å²) in [7, 11) is 0. The molecule has 1 aromatic heterocycles. The van der Waals surface area contributed by atoms with E-state index >= 15 is 0 Å². The van der Waals surface area contributed by atoms with Crippen LogP contribution in [-0.4, -0.2) is 45.8 Å². The van der Waals surface area contributed by atoms with Crippen molar-refractivity contribution < 1.29 is 13.9 Å². The average molecular weight is 439 g/mol. The van der Waals surface area contributed by atoms with Crippen LogP contribution in [0.5, 0.6) is 0 Å². The highest BCUT2D eigenvalue weighted by Gasteiger charge is 2.27. The number of anilines is 1. The number of carbonyl (C=O) groups excluding carboxylic acids is 1. The second-order valence-corrected chi connectivity index (χ2v) is 9.46. The summed E-state index contributed by atoms with van der Waals surface area (Å²) in [6.07, 6.45) is 1.74. The molecule has 170 valence electrons. The van der Waals surface area contributed by atoms with Gasteiger partial charge in [-0.1, -0.05) is 24.3 Å². The van der Waals surface area contributed by atoms with Gasteiger partial charge in [-0.3, -0.25) is 0 Å². The van der Waals surface area contributed by atoms with Crippen LogP contribution in [0.4, 0.5) is 15.1 Å². The molecule has 0 saturated carbocycles. The van der Waals surface area contributed by atoms with E-state index in [9.17, 15) is 9.18 Å². The predicted octanol–water partition coefficient (Wildman–Crippen LogP) is 5.28. The van der Waals surface area contributed by atoms with Gasteiger partial charge in [0.2, 0.25) is 5.95 Å². The largest absolute Gasteiger partial charge is 0.444 e.